The Kier molecular flexibility index (Phi) is 5.31. The number of amidine groups is 1. The summed E-state index contributed by atoms with van der Waals surface area (Å²) in [5.74, 6) is 1.17. The summed E-state index contributed by atoms with van der Waals surface area (Å²) < 4.78 is 0. The number of halogens is 3. The second kappa shape index (κ2) is 6.29. The van der Waals surface area contributed by atoms with Crippen LogP contribution in [0.5, 0.6) is 0 Å². The zero-order valence-electron chi connectivity index (χ0n) is 9.07. The Balaban J connectivity index is 0.00000144. The van der Waals surface area contributed by atoms with E-state index in [1.54, 1.807) is 24.4 Å². The summed E-state index contributed by atoms with van der Waals surface area (Å²) in [6.07, 6.45) is 5.73. The zero-order chi connectivity index (χ0) is 11.5. The van der Waals surface area contributed by atoms with Crippen molar-refractivity contribution in [2.75, 3.05) is 0 Å². The molecule has 0 amide bonds. The van der Waals surface area contributed by atoms with Crippen LogP contribution in [0.2, 0.25) is 10.0 Å². The average molecular weight is 292 g/mol. The fourth-order valence-corrected chi connectivity index (χ4v) is 1.88. The van der Waals surface area contributed by atoms with Crippen LogP contribution in [0, 0.1) is 5.92 Å². The molecule has 1 saturated carbocycles. The van der Waals surface area contributed by atoms with E-state index < -0.39 is 0 Å². The highest BCUT2D eigenvalue weighted by atomic mass is 35.5. The molecule has 1 aromatic carbocycles. The Morgan fingerprint density at radius 2 is 1.88 bits per heavy atom. The van der Waals surface area contributed by atoms with Gasteiger partial charge in [0.2, 0.25) is 0 Å². The van der Waals surface area contributed by atoms with Crippen molar-refractivity contribution < 1.29 is 0 Å². The molecule has 0 bridgehead atoms. The van der Waals surface area contributed by atoms with E-state index in [0.717, 1.165) is 18.4 Å². The van der Waals surface area contributed by atoms with Crippen LogP contribution in [0.4, 0.5) is 0 Å². The van der Waals surface area contributed by atoms with Crippen molar-refractivity contribution >= 4 is 47.5 Å². The van der Waals surface area contributed by atoms with Crippen molar-refractivity contribution in [3.8, 4) is 0 Å². The third-order valence-corrected chi connectivity index (χ3v) is 3.12. The molecule has 0 spiro atoms. The molecule has 2 N–H and O–H groups in total. The maximum atomic E-state index is 6.00. The van der Waals surface area contributed by atoms with Crippen LogP contribution >= 0.6 is 35.6 Å². The molecular formula is C12H13Cl3N2. The summed E-state index contributed by atoms with van der Waals surface area (Å²) in [7, 11) is 0. The zero-order valence-corrected chi connectivity index (χ0v) is 11.4. The highest BCUT2D eigenvalue weighted by Gasteiger charge is 2.24. The van der Waals surface area contributed by atoms with Gasteiger partial charge in [0.25, 0.3) is 0 Å². The molecule has 0 atom stereocenters. The normalized spacial score (nSPS) is 16.0. The monoisotopic (exact) mass is 290 g/mol. The summed E-state index contributed by atoms with van der Waals surface area (Å²) in [4.78, 5) is 4.16. The van der Waals surface area contributed by atoms with Gasteiger partial charge in [0.15, 0.2) is 0 Å². The molecule has 0 aliphatic heterocycles. The minimum atomic E-state index is 0. The predicted octanol–water partition coefficient (Wildman–Crippen LogP) is 4.15. The largest absolute Gasteiger partial charge is 0.387 e. The fraction of sp³-hybridized carbons (Fsp3) is 0.250. The molecular weight excluding hydrogens is 279 g/mol. The van der Waals surface area contributed by atoms with Gasteiger partial charge in [-0.1, -0.05) is 29.3 Å². The molecule has 1 aliphatic rings. The van der Waals surface area contributed by atoms with Crippen molar-refractivity contribution in [3.63, 3.8) is 0 Å². The first-order valence-electron chi connectivity index (χ1n) is 5.12. The number of nitrogens with two attached hydrogens (primary N) is 1. The number of hydrogen-bond donors (Lipinski definition) is 1. The third kappa shape index (κ3) is 3.91. The number of rotatable bonds is 3. The summed E-state index contributed by atoms with van der Waals surface area (Å²) >= 11 is 12.0. The molecule has 17 heavy (non-hydrogen) atoms. The molecule has 1 aliphatic carbocycles. The van der Waals surface area contributed by atoms with E-state index in [1.165, 1.54) is 0 Å². The van der Waals surface area contributed by atoms with Crippen molar-refractivity contribution in [2.45, 2.75) is 12.8 Å². The van der Waals surface area contributed by atoms with Crippen molar-refractivity contribution in [1.29, 1.82) is 0 Å². The van der Waals surface area contributed by atoms with Gasteiger partial charge in [-0.25, -0.2) is 4.99 Å². The SMILES string of the molecule is Cl.NC(=NC=Cc1c(Cl)cccc1Cl)C1CC1. The van der Waals surface area contributed by atoms with E-state index in [-0.39, 0.29) is 12.4 Å². The van der Waals surface area contributed by atoms with E-state index in [4.69, 9.17) is 28.9 Å². The Hall–Kier alpha value is -0.700. The molecule has 92 valence electrons. The molecule has 1 aromatic rings. The Morgan fingerprint density at radius 3 is 2.41 bits per heavy atom. The predicted molar refractivity (Wildman–Crippen MR) is 77.1 cm³/mol. The highest BCUT2D eigenvalue weighted by molar-refractivity contribution is 6.37. The van der Waals surface area contributed by atoms with Crippen molar-refractivity contribution in [2.24, 2.45) is 16.6 Å². The summed E-state index contributed by atoms with van der Waals surface area (Å²) in [5, 5.41) is 1.23. The third-order valence-electron chi connectivity index (χ3n) is 2.46. The van der Waals surface area contributed by atoms with Crippen molar-refractivity contribution in [3.05, 3.63) is 40.0 Å². The number of hydrogen-bond acceptors (Lipinski definition) is 1. The molecule has 0 unspecified atom stereocenters. The van der Waals surface area contributed by atoms with Gasteiger partial charge in [-0.3, -0.25) is 0 Å². The van der Waals surface area contributed by atoms with E-state index in [2.05, 4.69) is 4.99 Å². The molecule has 5 heteroatoms. The van der Waals surface area contributed by atoms with Gasteiger partial charge < -0.3 is 5.73 Å². The molecule has 0 saturated heterocycles. The van der Waals surface area contributed by atoms with E-state index in [1.807, 2.05) is 6.07 Å². The van der Waals surface area contributed by atoms with Crippen LogP contribution in [0.25, 0.3) is 6.08 Å². The molecule has 2 nitrogen and oxygen atoms in total. The maximum absolute atomic E-state index is 6.00. The number of aliphatic imine (C=N–C) groups is 1. The second-order valence-electron chi connectivity index (χ2n) is 3.78. The van der Waals surface area contributed by atoms with Gasteiger partial charge in [-0.05, 0) is 31.1 Å². The second-order valence-corrected chi connectivity index (χ2v) is 4.59. The first-order valence-corrected chi connectivity index (χ1v) is 5.88. The lowest BCUT2D eigenvalue weighted by molar-refractivity contribution is 1.15. The smallest absolute Gasteiger partial charge is 0.102 e. The van der Waals surface area contributed by atoms with Gasteiger partial charge in [0.05, 0.1) is 0 Å². The highest BCUT2D eigenvalue weighted by Crippen LogP contribution is 2.29. The fourth-order valence-electron chi connectivity index (χ4n) is 1.35. The number of nitrogens with zero attached hydrogens (tertiary/aromatic N) is 1. The van der Waals surface area contributed by atoms with Crippen LogP contribution in [-0.2, 0) is 0 Å². The first-order chi connectivity index (χ1) is 7.68. The van der Waals surface area contributed by atoms with Crippen molar-refractivity contribution in [1.82, 2.24) is 0 Å². The van der Waals surface area contributed by atoms with Gasteiger partial charge in [-0.15, -0.1) is 12.4 Å². The van der Waals surface area contributed by atoms with Crippen LogP contribution in [0.3, 0.4) is 0 Å². The molecule has 1 fully saturated rings. The van der Waals surface area contributed by atoms with Crippen LogP contribution in [0.15, 0.2) is 29.4 Å². The van der Waals surface area contributed by atoms with E-state index in [0.29, 0.717) is 21.8 Å². The molecule has 2 rings (SSSR count). The van der Waals surface area contributed by atoms with Gasteiger partial charge in [0, 0.05) is 27.7 Å². The van der Waals surface area contributed by atoms with E-state index in [9.17, 15) is 0 Å². The summed E-state index contributed by atoms with van der Waals surface area (Å²) in [6, 6.07) is 5.39. The Morgan fingerprint density at radius 1 is 1.29 bits per heavy atom. The van der Waals surface area contributed by atoms with E-state index >= 15 is 0 Å². The Bertz CT molecular complexity index is 431. The van der Waals surface area contributed by atoms with Crippen LogP contribution in [-0.4, -0.2) is 5.84 Å². The lowest BCUT2D eigenvalue weighted by atomic mass is 10.2. The van der Waals surface area contributed by atoms with Crippen LogP contribution < -0.4 is 5.73 Å². The summed E-state index contributed by atoms with van der Waals surface area (Å²) in [5.41, 5.74) is 6.53. The Labute approximate surface area is 117 Å². The number of benzene rings is 1. The lowest BCUT2D eigenvalue weighted by Crippen LogP contribution is -2.12. The first kappa shape index (κ1) is 14.4. The molecule has 0 heterocycles. The topological polar surface area (TPSA) is 38.4 Å². The quantitative estimate of drug-likeness (QED) is 0.659. The van der Waals surface area contributed by atoms with Crippen LogP contribution in [0.1, 0.15) is 18.4 Å². The van der Waals surface area contributed by atoms with Gasteiger partial charge in [-0.2, -0.15) is 0 Å². The average Bonchev–Trinajstić information content (AvgIpc) is 3.05. The van der Waals surface area contributed by atoms with Gasteiger partial charge in [0.1, 0.15) is 5.84 Å². The standard InChI is InChI=1S/C12H12Cl2N2.ClH/c13-10-2-1-3-11(14)9(10)6-7-16-12(15)8-4-5-8;/h1-3,6-8H,4-5H2,(H2,15,16);1H. The molecule has 0 radical (unpaired) electrons. The molecule has 0 aromatic heterocycles. The minimum Gasteiger partial charge on any atom is -0.387 e. The van der Waals surface area contributed by atoms with Gasteiger partial charge >= 0.3 is 0 Å². The minimum absolute atomic E-state index is 0. The lowest BCUT2D eigenvalue weighted by Gasteiger charge is -1.99. The summed E-state index contributed by atoms with van der Waals surface area (Å²) in [6.45, 7) is 0. The maximum Gasteiger partial charge on any atom is 0.102 e.